The molecular formula is C10H16N2O2. The highest BCUT2D eigenvalue weighted by Crippen LogP contribution is 2.28. The fourth-order valence-electron chi connectivity index (χ4n) is 1.34. The summed E-state index contributed by atoms with van der Waals surface area (Å²) in [5.41, 5.74) is 0.606. The van der Waals surface area contributed by atoms with Crippen molar-refractivity contribution in [3.8, 4) is 5.75 Å². The quantitative estimate of drug-likeness (QED) is 0.736. The van der Waals surface area contributed by atoms with Gasteiger partial charge >= 0.3 is 0 Å². The number of pyridine rings is 1. The molecule has 4 nitrogen and oxygen atoms in total. The molecule has 4 heteroatoms. The molecule has 0 amide bonds. The van der Waals surface area contributed by atoms with Gasteiger partial charge in [0.15, 0.2) is 0 Å². The highest BCUT2D eigenvalue weighted by Gasteiger charge is 2.26. The molecule has 0 bridgehead atoms. The van der Waals surface area contributed by atoms with Gasteiger partial charge in [-0.3, -0.25) is 4.98 Å². The van der Waals surface area contributed by atoms with Gasteiger partial charge in [0, 0.05) is 11.6 Å². The summed E-state index contributed by atoms with van der Waals surface area (Å²) in [6, 6.07) is 3.71. The average molecular weight is 196 g/mol. The summed E-state index contributed by atoms with van der Waals surface area (Å²) >= 11 is 0. The molecule has 0 atom stereocenters. The topological polar surface area (TPSA) is 57.4 Å². The number of methoxy groups -OCH3 is 1. The Hall–Kier alpha value is -1.13. The molecule has 0 aliphatic rings. The van der Waals surface area contributed by atoms with Crippen molar-refractivity contribution >= 4 is 0 Å². The van der Waals surface area contributed by atoms with Crippen LogP contribution in [0, 0.1) is 0 Å². The van der Waals surface area contributed by atoms with E-state index in [1.807, 2.05) is 26.0 Å². The number of rotatable bonds is 4. The first-order valence-corrected chi connectivity index (χ1v) is 4.43. The molecule has 0 radical (unpaired) electrons. The Balaban J connectivity index is 3.04. The van der Waals surface area contributed by atoms with Crippen LogP contribution >= 0.6 is 0 Å². The highest BCUT2D eigenvalue weighted by molar-refractivity contribution is 5.32. The summed E-state index contributed by atoms with van der Waals surface area (Å²) in [6.07, 6.45) is 1.73. The third-order valence-electron chi connectivity index (χ3n) is 2.08. The van der Waals surface area contributed by atoms with E-state index in [-0.39, 0.29) is 5.41 Å². The van der Waals surface area contributed by atoms with Gasteiger partial charge in [-0.25, -0.2) is 5.90 Å². The van der Waals surface area contributed by atoms with Crippen LogP contribution in [0.25, 0.3) is 0 Å². The fraction of sp³-hybridized carbons (Fsp3) is 0.500. The molecule has 0 unspecified atom stereocenters. The largest absolute Gasteiger partial charge is 0.495 e. The fourth-order valence-corrected chi connectivity index (χ4v) is 1.34. The number of ether oxygens (including phenoxy) is 1. The zero-order chi connectivity index (χ0) is 10.6. The number of hydrogen-bond donors (Lipinski definition) is 1. The first kappa shape index (κ1) is 10.9. The minimum atomic E-state index is -0.249. The van der Waals surface area contributed by atoms with Crippen LogP contribution < -0.4 is 10.6 Å². The Kier molecular flexibility index (Phi) is 3.43. The molecule has 1 heterocycles. The third kappa shape index (κ3) is 2.21. The Morgan fingerprint density at radius 2 is 2.21 bits per heavy atom. The molecule has 1 aromatic rings. The van der Waals surface area contributed by atoms with Crippen LogP contribution in [0.4, 0.5) is 0 Å². The molecule has 14 heavy (non-hydrogen) atoms. The molecule has 1 rings (SSSR count). The van der Waals surface area contributed by atoms with Crippen molar-refractivity contribution < 1.29 is 9.57 Å². The Bertz CT molecular complexity index is 300. The van der Waals surface area contributed by atoms with Gasteiger partial charge in [-0.2, -0.15) is 0 Å². The second-order valence-corrected chi connectivity index (χ2v) is 3.75. The standard InChI is InChI=1S/C10H16N2O2/c1-10(2,7-14-11)9-8(13-3)5-4-6-12-9/h4-6H,7,11H2,1-3H3. The molecule has 0 aliphatic heterocycles. The first-order chi connectivity index (χ1) is 6.61. The molecule has 0 saturated carbocycles. The molecule has 78 valence electrons. The van der Waals surface area contributed by atoms with Crippen molar-refractivity contribution in [1.82, 2.24) is 4.98 Å². The van der Waals surface area contributed by atoms with Gasteiger partial charge in [-0.15, -0.1) is 0 Å². The second kappa shape index (κ2) is 4.39. The van der Waals surface area contributed by atoms with Crippen LogP contribution in [0.15, 0.2) is 18.3 Å². The molecule has 0 saturated heterocycles. The number of hydrogen-bond acceptors (Lipinski definition) is 4. The van der Waals surface area contributed by atoms with Crippen molar-refractivity contribution in [3.05, 3.63) is 24.0 Å². The lowest BCUT2D eigenvalue weighted by Gasteiger charge is -2.24. The summed E-state index contributed by atoms with van der Waals surface area (Å²) in [5, 5.41) is 0. The maximum Gasteiger partial charge on any atom is 0.140 e. The van der Waals surface area contributed by atoms with Crippen molar-refractivity contribution in [1.29, 1.82) is 0 Å². The van der Waals surface area contributed by atoms with Crippen LogP contribution in [0.1, 0.15) is 19.5 Å². The van der Waals surface area contributed by atoms with Gasteiger partial charge < -0.3 is 9.57 Å². The van der Waals surface area contributed by atoms with Crippen molar-refractivity contribution in [3.63, 3.8) is 0 Å². The van der Waals surface area contributed by atoms with Crippen molar-refractivity contribution in [2.45, 2.75) is 19.3 Å². The molecule has 0 aromatic carbocycles. The second-order valence-electron chi connectivity index (χ2n) is 3.75. The Morgan fingerprint density at radius 1 is 1.50 bits per heavy atom. The summed E-state index contributed by atoms with van der Waals surface area (Å²) in [7, 11) is 1.62. The minimum Gasteiger partial charge on any atom is -0.495 e. The van der Waals surface area contributed by atoms with Crippen LogP contribution in [0.3, 0.4) is 0 Å². The lowest BCUT2D eigenvalue weighted by atomic mass is 9.89. The van der Waals surface area contributed by atoms with Crippen LogP contribution in [0.5, 0.6) is 5.75 Å². The van der Waals surface area contributed by atoms with Gasteiger partial charge in [0.2, 0.25) is 0 Å². The van der Waals surface area contributed by atoms with Crippen LogP contribution in [-0.2, 0) is 10.3 Å². The molecular weight excluding hydrogens is 180 g/mol. The first-order valence-electron chi connectivity index (χ1n) is 4.43. The van der Waals surface area contributed by atoms with E-state index in [4.69, 9.17) is 10.6 Å². The van der Waals surface area contributed by atoms with Crippen molar-refractivity contribution in [2.75, 3.05) is 13.7 Å². The maximum atomic E-state index is 5.22. The Labute approximate surface area is 84.0 Å². The van der Waals surface area contributed by atoms with Gasteiger partial charge in [0.05, 0.1) is 19.4 Å². The monoisotopic (exact) mass is 196 g/mol. The normalized spacial score (nSPS) is 11.4. The summed E-state index contributed by atoms with van der Waals surface area (Å²) in [6.45, 7) is 4.41. The number of nitrogens with two attached hydrogens (primary N) is 1. The van der Waals surface area contributed by atoms with E-state index >= 15 is 0 Å². The molecule has 0 aliphatic carbocycles. The predicted molar refractivity (Wildman–Crippen MR) is 54.0 cm³/mol. The molecule has 0 fully saturated rings. The molecule has 2 N–H and O–H groups in total. The smallest absolute Gasteiger partial charge is 0.140 e. The lowest BCUT2D eigenvalue weighted by molar-refractivity contribution is 0.0938. The summed E-state index contributed by atoms with van der Waals surface area (Å²) in [5.74, 6) is 5.83. The van der Waals surface area contributed by atoms with E-state index in [9.17, 15) is 0 Å². The molecule has 1 aromatic heterocycles. The predicted octanol–water partition coefficient (Wildman–Crippen LogP) is 1.26. The zero-order valence-corrected chi connectivity index (χ0v) is 8.78. The van der Waals surface area contributed by atoms with E-state index in [0.717, 1.165) is 11.4 Å². The SMILES string of the molecule is COc1cccnc1C(C)(C)CON. The van der Waals surface area contributed by atoms with Gasteiger partial charge in [-0.05, 0) is 12.1 Å². The van der Waals surface area contributed by atoms with E-state index in [1.54, 1.807) is 13.3 Å². The number of nitrogens with zero attached hydrogens (tertiary/aromatic N) is 1. The third-order valence-corrected chi connectivity index (χ3v) is 2.08. The lowest BCUT2D eigenvalue weighted by Crippen LogP contribution is -2.27. The zero-order valence-electron chi connectivity index (χ0n) is 8.78. The number of aromatic nitrogens is 1. The molecule has 0 spiro atoms. The van der Waals surface area contributed by atoms with Gasteiger partial charge in [-0.1, -0.05) is 13.8 Å². The Morgan fingerprint density at radius 3 is 2.79 bits per heavy atom. The van der Waals surface area contributed by atoms with Gasteiger partial charge in [0.25, 0.3) is 0 Å². The maximum absolute atomic E-state index is 5.22. The summed E-state index contributed by atoms with van der Waals surface area (Å²) < 4.78 is 5.22. The van der Waals surface area contributed by atoms with E-state index in [0.29, 0.717) is 6.61 Å². The van der Waals surface area contributed by atoms with E-state index in [1.165, 1.54) is 0 Å². The summed E-state index contributed by atoms with van der Waals surface area (Å²) in [4.78, 5) is 8.94. The van der Waals surface area contributed by atoms with E-state index in [2.05, 4.69) is 9.82 Å². The van der Waals surface area contributed by atoms with Gasteiger partial charge in [0.1, 0.15) is 5.75 Å². The minimum absolute atomic E-state index is 0.249. The average Bonchev–Trinajstić information content (AvgIpc) is 2.18. The highest BCUT2D eigenvalue weighted by atomic mass is 16.6. The van der Waals surface area contributed by atoms with Crippen LogP contribution in [-0.4, -0.2) is 18.7 Å². The van der Waals surface area contributed by atoms with Crippen LogP contribution in [0.2, 0.25) is 0 Å². The van der Waals surface area contributed by atoms with E-state index < -0.39 is 0 Å². The van der Waals surface area contributed by atoms with Crippen molar-refractivity contribution in [2.24, 2.45) is 5.90 Å².